The predicted octanol–water partition coefficient (Wildman–Crippen LogP) is 4.53. The van der Waals surface area contributed by atoms with Crippen molar-refractivity contribution >= 4 is 43.4 Å². The van der Waals surface area contributed by atoms with Gasteiger partial charge in [0, 0.05) is 72.3 Å². The van der Waals surface area contributed by atoms with Crippen LogP contribution < -0.4 is 5.32 Å². The lowest BCUT2D eigenvalue weighted by atomic mass is 10.1. The number of fused-ring (bicyclic) bond motifs is 3. The Morgan fingerprint density at radius 2 is 1.61 bits per heavy atom. The van der Waals surface area contributed by atoms with Crippen LogP contribution in [0.25, 0.3) is 21.8 Å². The van der Waals surface area contributed by atoms with Gasteiger partial charge in [-0.1, -0.05) is 30.3 Å². The van der Waals surface area contributed by atoms with Crippen molar-refractivity contribution < 1.29 is 13.2 Å². The lowest BCUT2D eigenvalue weighted by molar-refractivity contribution is 0.102. The van der Waals surface area contributed by atoms with Crippen LogP contribution in [0.3, 0.4) is 0 Å². The van der Waals surface area contributed by atoms with Crippen LogP contribution in [0.5, 0.6) is 0 Å². The quantitative estimate of drug-likeness (QED) is 0.401. The molecule has 1 N–H and O–H groups in total. The van der Waals surface area contributed by atoms with E-state index in [-0.39, 0.29) is 11.7 Å². The van der Waals surface area contributed by atoms with E-state index in [1.54, 1.807) is 11.2 Å². The van der Waals surface area contributed by atoms with E-state index in [2.05, 4.69) is 52.0 Å². The SMILES string of the molecule is CCn1c2ccccc2c2cc(NC(=O)c3cccc(CN4CCN(S(=O)(=O)CC)CC4)c3)ccc21. The second kappa shape index (κ2) is 10.0. The fourth-order valence-electron chi connectivity index (χ4n) is 5.09. The Balaban J connectivity index is 1.29. The number of rotatable bonds is 7. The smallest absolute Gasteiger partial charge is 0.255 e. The van der Waals surface area contributed by atoms with Crippen LogP contribution >= 0.6 is 0 Å². The summed E-state index contributed by atoms with van der Waals surface area (Å²) in [5, 5.41) is 5.37. The lowest BCUT2D eigenvalue weighted by Crippen LogP contribution is -2.48. The minimum Gasteiger partial charge on any atom is -0.341 e. The zero-order valence-electron chi connectivity index (χ0n) is 20.8. The molecule has 0 saturated carbocycles. The Morgan fingerprint density at radius 3 is 2.36 bits per heavy atom. The zero-order chi connectivity index (χ0) is 25.3. The summed E-state index contributed by atoms with van der Waals surface area (Å²) < 4.78 is 28.1. The molecule has 36 heavy (non-hydrogen) atoms. The fourth-order valence-corrected chi connectivity index (χ4v) is 6.18. The highest BCUT2D eigenvalue weighted by atomic mass is 32.2. The van der Waals surface area contributed by atoms with Crippen molar-refractivity contribution in [1.29, 1.82) is 0 Å². The fraction of sp³-hybridized carbons (Fsp3) is 0.321. The third kappa shape index (κ3) is 4.76. The Labute approximate surface area is 212 Å². The molecule has 1 fully saturated rings. The standard InChI is InChI=1S/C28H32N4O3S/c1-3-32-26-11-6-5-10-24(26)25-19-23(12-13-27(25)32)29-28(33)22-9-7-8-21(18-22)20-30-14-16-31(17-15-30)36(34,35)4-2/h5-13,18-19H,3-4,14-17,20H2,1-2H3,(H,29,33). The number of aryl methyl sites for hydroxylation is 1. The highest BCUT2D eigenvalue weighted by Gasteiger charge is 2.25. The van der Waals surface area contributed by atoms with Gasteiger partial charge >= 0.3 is 0 Å². The lowest BCUT2D eigenvalue weighted by Gasteiger charge is -2.33. The molecule has 1 aliphatic rings. The summed E-state index contributed by atoms with van der Waals surface area (Å²) in [6.45, 7) is 7.76. The largest absolute Gasteiger partial charge is 0.341 e. The minimum atomic E-state index is -3.14. The topological polar surface area (TPSA) is 74.7 Å². The average molecular weight is 505 g/mol. The van der Waals surface area contributed by atoms with Crippen LogP contribution in [-0.4, -0.2) is 60.0 Å². The van der Waals surface area contributed by atoms with Gasteiger partial charge in [-0.3, -0.25) is 9.69 Å². The van der Waals surface area contributed by atoms with E-state index in [4.69, 9.17) is 0 Å². The van der Waals surface area contributed by atoms with Gasteiger partial charge in [0.2, 0.25) is 10.0 Å². The van der Waals surface area contributed by atoms with Crippen LogP contribution in [-0.2, 0) is 23.1 Å². The number of carbonyl (C=O) groups is 1. The number of para-hydroxylation sites is 1. The second-order valence-electron chi connectivity index (χ2n) is 9.22. The van der Waals surface area contributed by atoms with Gasteiger partial charge in [-0.2, -0.15) is 4.31 Å². The van der Waals surface area contributed by atoms with Gasteiger partial charge < -0.3 is 9.88 Å². The molecule has 0 spiro atoms. The molecule has 5 rings (SSSR count). The van der Waals surface area contributed by atoms with Gasteiger partial charge in [0.25, 0.3) is 5.91 Å². The molecule has 2 heterocycles. The highest BCUT2D eigenvalue weighted by molar-refractivity contribution is 7.89. The second-order valence-corrected chi connectivity index (χ2v) is 11.5. The summed E-state index contributed by atoms with van der Waals surface area (Å²) in [6.07, 6.45) is 0. The van der Waals surface area contributed by atoms with Crippen molar-refractivity contribution in [3.8, 4) is 0 Å². The first-order valence-electron chi connectivity index (χ1n) is 12.5. The first-order chi connectivity index (χ1) is 17.4. The maximum atomic E-state index is 13.1. The Kier molecular flexibility index (Phi) is 6.83. The van der Waals surface area contributed by atoms with E-state index in [0.717, 1.165) is 28.7 Å². The number of nitrogens with one attached hydrogen (secondary N) is 1. The van der Waals surface area contributed by atoms with Crippen LogP contribution in [0.1, 0.15) is 29.8 Å². The highest BCUT2D eigenvalue weighted by Crippen LogP contribution is 2.31. The molecule has 0 unspecified atom stereocenters. The van der Waals surface area contributed by atoms with E-state index < -0.39 is 10.0 Å². The van der Waals surface area contributed by atoms with Crippen molar-refractivity contribution in [3.05, 3.63) is 77.9 Å². The Morgan fingerprint density at radius 1 is 0.861 bits per heavy atom. The molecule has 8 heteroatoms. The van der Waals surface area contributed by atoms with Crippen molar-refractivity contribution in [3.63, 3.8) is 0 Å². The number of amides is 1. The van der Waals surface area contributed by atoms with Crippen molar-refractivity contribution in [1.82, 2.24) is 13.8 Å². The van der Waals surface area contributed by atoms with E-state index in [1.165, 1.54) is 10.9 Å². The molecule has 0 atom stereocenters. The average Bonchev–Trinajstić information content (AvgIpc) is 3.22. The van der Waals surface area contributed by atoms with Gasteiger partial charge in [-0.25, -0.2) is 8.42 Å². The Bertz CT molecular complexity index is 1520. The molecule has 0 radical (unpaired) electrons. The maximum absolute atomic E-state index is 13.1. The van der Waals surface area contributed by atoms with Crippen LogP contribution in [0.4, 0.5) is 5.69 Å². The van der Waals surface area contributed by atoms with Gasteiger partial charge in [0.1, 0.15) is 0 Å². The third-order valence-electron chi connectivity index (χ3n) is 7.03. The minimum absolute atomic E-state index is 0.137. The number of hydrogen-bond donors (Lipinski definition) is 1. The van der Waals surface area contributed by atoms with E-state index >= 15 is 0 Å². The van der Waals surface area contributed by atoms with Crippen LogP contribution in [0, 0.1) is 0 Å². The first-order valence-corrected chi connectivity index (χ1v) is 14.1. The van der Waals surface area contributed by atoms with E-state index in [1.807, 2.05) is 36.4 Å². The zero-order valence-corrected chi connectivity index (χ0v) is 21.6. The van der Waals surface area contributed by atoms with Gasteiger partial charge in [0.15, 0.2) is 0 Å². The van der Waals surface area contributed by atoms with Crippen LogP contribution in [0.2, 0.25) is 0 Å². The summed E-state index contributed by atoms with van der Waals surface area (Å²) in [6, 6.07) is 22.1. The van der Waals surface area contributed by atoms with Gasteiger partial charge in [0.05, 0.1) is 5.75 Å². The first kappa shape index (κ1) is 24.5. The molecule has 188 valence electrons. The molecule has 0 bridgehead atoms. The summed E-state index contributed by atoms with van der Waals surface area (Å²) in [7, 11) is -3.14. The molecule has 1 aromatic heterocycles. The summed E-state index contributed by atoms with van der Waals surface area (Å²) in [5.74, 6) is -0.00752. The molecule has 0 aliphatic carbocycles. The number of sulfonamides is 1. The molecular weight excluding hydrogens is 472 g/mol. The third-order valence-corrected chi connectivity index (χ3v) is 8.91. The molecular formula is C28H32N4O3S. The molecule has 1 aliphatic heterocycles. The van der Waals surface area contributed by atoms with E-state index in [0.29, 0.717) is 38.3 Å². The Hall–Kier alpha value is -3.20. The number of carbonyl (C=O) groups excluding carboxylic acids is 1. The molecule has 4 aromatic rings. The number of hydrogen-bond acceptors (Lipinski definition) is 4. The van der Waals surface area contributed by atoms with Crippen molar-refractivity contribution in [2.75, 3.05) is 37.2 Å². The monoisotopic (exact) mass is 504 g/mol. The molecule has 1 amide bonds. The van der Waals surface area contributed by atoms with Crippen molar-refractivity contribution in [2.24, 2.45) is 0 Å². The molecule has 1 saturated heterocycles. The summed E-state index contributed by atoms with van der Waals surface area (Å²) in [5.41, 5.74) is 4.77. The summed E-state index contributed by atoms with van der Waals surface area (Å²) in [4.78, 5) is 15.3. The predicted molar refractivity (Wildman–Crippen MR) is 146 cm³/mol. The number of anilines is 1. The van der Waals surface area contributed by atoms with Gasteiger partial charge in [-0.05, 0) is 55.8 Å². The maximum Gasteiger partial charge on any atom is 0.255 e. The van der Waals surface area contributed by atoms with E-state index in [9.17, 15) is 13.2 Å². The van der Waals surface area contributed by atoms with Crippen molar-refractivity contribution in [2.45, 2.75) is 26.9 Å². The molecule has 7 nitrogen and oxygen atoms in total. The normalized spacial score (nSPS) is 15.5. The number of piperazine rings is 1. The number of benzene rings is 3. The van der Waals surface area contributed by atoms with Gasteiger partial charge in [-0.15, -0.1) is 0 Å². The molecule has 3 aromatic carbocycles. The number of aromatic nitrogens is 1. The summed E-state index contributed by atoms with van der Waals surface area (Å²) >= 11 is 0. The number of nitrogens with zero attached hydrogens (tertiary/aromatic N) is 3. The van der Waals surface area contributed by atoms with Crippen LogP contribution in [0.15, 0.2) is 66.7 Å².